The molecule has 3 rings (SSSR count). The number of amides is 2. The molecule has 0 saturated carbocycles. The molecule has 2 N–H and O–H groups in total. The molecule has 1 aromatic carbocycles. The van der Waals surface area contributed by atoms with Gasteiger partial charge in [-0.05, 0) is 25.2 Å². The van der Waals surface area contributed by atoms with E-state index in [9.17, 15) is 4.79 Å². The molecule has 1 aliphatic rings. The number of carbonyl (C=O) groups is 1. The number of anilines is 2. The van der Waals surface area contributed by atoms with Crippen LogP contribution in [0.3, 0.4) is 0 Å². The van der Waals surface area contributed by atoms with Crippen molar-refractivity contribution < 1.29 is 4.79 Å². The number of fused-ring (bicyclic) bond motifs is 1. The highest BCUT2D eigenvalue weighted by Crippen LogP contribution is 2.27. The lowest BCUT2D eigenvalue weighted by molar-refractivity contribution is 0.262. The monoisotopic (exact) mass is 322 g/mol. The number of likely N-dealkylation sites (N-methyl/N-ethyl adjacent to an activating group) is 1. The van der Waals surface area contributed by atoms with Crippen molar-refractivity contribution in [1.29, 1.82) is 0 Å². The molecule has 2 amide bonds. The Labute approximate surface area is 131 Å². The quantitative estimate of drug-likeness (QED) is 0.890. The highest BCUT2D eigenvalue weighted by Gasteiger charge is 2.19. The van der Waals surface area contributed by atoms with E-state index in [0.29, 0.717) is 15.8 Å². The van der Waals surface area contributed by atoms with Gasteiger partial charge in [0.15, 0.2) is 5.13 Å². The van der Waals surface area contributed by atoms with Crippen molar-refractivity contribution in [1.82, 2.24) is 9.88 Å². The Hall–Kier alpha value is -1.63. The summed E-state index contributed by atoms with van der Waals surface area (Å²) in [5.41, 5.74) is 1.75. The number of aromatic nitrogens is 1. The maximum atomic E-state index is 12.0. The fourth-order valence-corrected chi connectivity index (χ4v) is 3.48. The molecule has 0 aliphatic carbocycles. The van der Waals surface area contributed by atoms with Crippen molar-refractivity contribution in [2.24, 2.45) is 0 Å². The van der Waals surface area contributed by atoms with Gasteiger partial charge in [-0.1, -0.05) is 17.7 Å². The molecule has 0 bridgehead atoms. The topological polar surface area (TPSA) is 57.3 Å². The highest BCUT2D eigenvalue weighted by atomic mass is 35.5. The lowest BCUT2D eigenvalue weighted by atomic mass is 10.2. The first-order chi connectivity index (χ1) is 10.1. The van der Waals surface area contributed by atoms with Crippen LogP contribution in [0.1, 0.15) is 10.6 Å². The fourth-order valence-electron chi connectivity index (χ4n) is 2.20. The van der Waals surface area contributed by atoms with Crippen LogP contribution in [0.4, 0.5) is 15.6 Å². The van der Waals surface area contributed by atoms with Crippen molar-refractivity contribution in [3.05, 3.63) is 39.9 Å². The number of halogens is 1. The fraction of sp³-hybridized carbons (Fsp3) is 0.286. The lowest BCUT2D eigenvalue weighted by Crippen LogP contribution is -2.25. The van der Waals surface area contributed by atoms with Gasteiger partial charge in [0.1, 0.15) is 0 Å². The van der Waals surface area contributed by atoms with Crippen molar-refractivity contribution in [2.45, 2.75) is 13.0 Å². The standard InChI is InChI=1S/C14H15ClN4OS/c1-19-6-5-11-12(8-19)21-14(17-11)18-13(20)16-10-4-2-3-9(15)7-10/h2-4,7H,5-6,8H2,1H3,(H2,16,17,18,20). The molecule has 0 fully saturated rings. The number of nitrogens with zero attached hydrogens (tertiary/aromatic N) is 2. The van der Waals surface area contributed by atoms with Crippen LogP contribution in [0.25, 0.3) is 0 Å². The SMILES string of the molecule is CN1CCc2nc(NC(=O)Nc3cccc(Cl)c3)sc2C1. The van der Waals surface area contributed by atoms with Gasteiger partial charge in [-0.25, -0.2) is 9.78 Å². The molecule has 21 heavy (non-hydrogen) atoms. The van der Waals surface area contributed by atoms with Gasteiger partial charge in [-0.2, -0.15) is 0 Å². The number of hydrogen-bond donors (Lipinski definition) is 2. The third-order valence-electron chi connectivity index (χ3n) is 3.23. The first-order valence-electron chi connectivity index (χ1n) is 6.61. The number of benzene rings is 1. The number of thiazole rings is 1. The van der Waals surface area contributed by atoms with E-state index in [4.69, 9.17) is 11.6 Å². The summed E-state index contributed by atoms with van der Waals surface area (Å²) in [5.74, 6) is 0. The summed E-state index contributed by atoms with van der Waals surface area (Å²) >= 11 is 7.41. The second-order valence-corrected chi connectivity index (χ2v) is 6.49. The summed E-state index contributed by atoms with van der Waals surface area (Å²) < 4.78 is 0. The number of rotatable bonds is 2. The molecule has 0 spiro atoms. The van der Waals surface area contributed by atoms with Crippen LogP contribution >= 0.6 is 22.9 Å². The Kier molecular flexibility index (Phi) is 4.10. The van der Waals surface area contributed by atoms with Crippen molar-refractivity contribution in [2.75, 3.05) is 24.2 Å². The zero-order valence-electron chi connectivity index (χ0n) is 11.5. The van der Waals surface area contributed by atoms with Gasteiger partial charge in [0.25, 0.3) is 0 Å². The minimum absolute atomic E-state index is 0.309. The van der Waals surface area contributed by atoms with E-state index in [1.165, 1.54) is 16.2 Å². The molecule has 1 aliphatic heterocycles. The molecule has 7 heteroatoms. The van der Waals surface area contributed by atoms with Crippen LogP contribution in [0.5, 0.6) is 0 Å². The minimum Gasteiger partial charge on any atom is -0.308 e. The van der Waals surface area contributed by atoms with Crippen LogP contribution in [-0.4, -0.2) is 29.5 Å². The van der Waals surface area contributed by atoms with Crippen LogP contribution in [0.2, 0.25) is 5.02 Å². The summed E-state index contributed by atoms with van der Waals surface area (Å²) in [6.07, 6.45) is 0.930. The third-order valence-corrected chi connectivity index (χ3v) is 4.46. The van der Waals surface area contributed by atoms with Gasteiger partial charge < -0.3 is 10.2 Å². The van der Waals surface area contributed by atoms with E-state index < -0.39 is 0 Å². The zero-order valence-corrected chi connectivity index (χ0v) is 13.1. The summed E-state index contributed by atoms with van der Waals surface area (Å²) in [7, 11) is 2.08. The summed E-state index contributed by atoms with van der Waals surface area (Å²) in [4.78, 5) is 19.9. The molecular formula is C14H15ClN4OS. The van der Waals surface area contributed by atoms with Gasteiger partial charge in [0, 0.05) is 35.1 Å². The Morgan fingerprint density at radius 1 is 1.43 bits per heavy atom. The predicted octanol–water partition coefficient (Wildman–Crippen LogP) is 3.43. The van der Waals surface area contributed by atoms with E-state index in [-0.39, 0.29) is 6.03 Å². The Balaban J connectivity index is 1.65. The molecule has 0 radical (unpaired) electrons. The maximum absolute atomic E-state index is 12.0. The Morgan fingerprint density at radius 3 is 3.10 bits per heavy atom. The van der Waals surface area contributed by atoms with E-state index in [1.807, 2.05) is 0 Å². The first kappa shape index (κ1) is 14.3. The second kappa shape index (κ2) is 6.01. The van der Waals surface area contributed by atoms with Gasteiger partial charge in [-0.3, -0.25) is 5.32 Å². The zero-order chi connectivity index (χ0) is 14.8. The van der Waals surface area contributed by atoms with Crippen molar-refractivity contribution >= 4 is 39.8 Å². The van der Waals surface area contributed by atoms with E-state index >= 15 is 0 Å². The normalized spacial score (nSPS) is 14.6. The molecule has 2 heterocycles. The molecular weight excluding hydrogens is 308 g/mol. The molecule has 0 saturated heterocycles. The Morgan fingerprint density at radius 2 is 2.29 bits per heavy atom. The molecule has 5 nitrogen and oxygen atoms in total. The van der Waals surface area contributed by atoms with Crippen LogP contribution in [0, 0.1) is 0 Å². The van der Waals surface area contributed by atoms with Gasteiger partial charge >= 0.3 is 6.03 Å². The molecule has 1 aromatic heterocycles. The van der Waals surface area contributed by atoms with E-state index in [1.54, 1.807) is 24.3 Å². The smallest absolute Gasteiger partial charge is 0.308 e. The second-order valence-electron chi connectivity index (χ2n) is 4.97. The average molecular weight is 323 g/mol. The minimum atomic E-state index is -0.309. The lowest BCUT2D eigenvalue weighted by Gasteiger charge is -2.20. The number of carbonyl (C=O) groups excluding carboxylic acids is 1. The molecule has 2 aromatic rings. The summed E-state index contributed by atoms with van der Waals surface area (Å²) in [6, 6.07) is 6.72. The van der Waals surface area contributed by atoms with Crippen LogP contribution in [0.15, 0.2) is 24.3 Å². The summed E-state index contributed by atoms with van der Waals surface area (Å²) in [5, 5.41) is 6.74. The van der Waals surface area contributed by atoms with Crippen LogP contribution < -0.4 is 10.6 Å². The van der Waals surface area contributed by atoms with Crippen molar-refractivity contribution in [3.8, 4) is 0 Å². The highest BCUT2D eigenvalue weighted by molar-refractivity contribution is 7.15. The predicted molar refractivity (Wildman–Crippen MR) is 86.2 cm³/mol. The molecule has 0 unspecified atom stereocenters. The molecule has 110 valence electrons. The van der Waals surface area contributed by atoms with Gasteiger partial charge in [0.2, 0.25) is 0 Å². The maximum Gasteiger partial charge on any atom is 0.325 e. The average Bonchev–Trinajstić information content (AvgIpc) is 2.79. The van der Waals surface area contributed by atoms with Gasteiger partial charge in [-0.15, -0.1) is 11.3 Å². The van der Waals surface area contributed by atoms with Crippen LogP contribution in [-0.2, 0) is 13.0 Å². The number of nitrogens with one attached hydrogen (secondary N) is 2. The van der Waals surface area contributed by atoms with Gasteiger partial charge in [0.05, 0.1) is 5.69 Å². The number of hydrogen-bond acceptors (Lipinski definition) is 4. The van der Waals surface area contributed by atoms with E-state index in [0.717, 1.165) is 25.2 Å². The third kappa shape index (κ3) is 3.53. The molecule has 0 atom stereocenters. The Bertz CT molecular complexity index is 673. The number of urea groups is 1. The van der Waals surface area contributed by atoms with Crippen molar-refractivity contribution in [3.63, 3.8) is 0 Å². The van der Waals surface area contributed by atoms with E-state index in [2.05, 4.69) is 27.6 Å². The first-order valence-corrected chi connectivity index (χ1v) is 7.80. The largest absolute Gasteiger partial charge is 0.325 e. The summed E-state index contributed by atoms with van der Waals surface area (Å²) in [6.45, 7) is 1.90.